The van der Waals surface area contributed by atoms with Gasteiger partial charge in [0.05, 0.1) is 34.3 Å². The van der Waals surface area contributed by atoms with Crippen LogP contribution in [0.5, 0.6) is 0 Å². The SMILES string of the molecule is N#Cc1cccc(C#N)c1-c1ccc2c3ccc(-c4ccccc4)cc3n(-c3ccccc3)c2c1. The maximum Gasteiger partial charge on any atom is 0.0998 e. The molecule has 0 saturated carbocycles. The summed E-state index contributed by atoms with van der Waals surface area (Å²) >= 11 is 0. The van der Waals surface area contributed by atoms with E-state index in [0.29, 0.717) is 16.7 Å². The minimum Gasteiger partial charge on any atom is -0.309 e. The van der Waals surface area contributed by atoms with E-state index in [4.69, 9.17) is 0 Å². The zero-order valence-corrected chi connectivity index (χ0v) is 18.8. The van der Waals surface area contributed by atoms with Crippen LogP contribution in [-0.4, -0.2) is 4.57 Å². The number of hydrogen-bond acceptors (Lipinski definition) is 2. The van der Waals surface area contributed by atoms with Crippen molar-refractivity contribution >= 4 is 21.8 Å². The molecule has 0 saturated heterocycles. The number of rotatable bonds is 3. The Morgan fingerprint density at radius 3 is 1.63 bits per heavy atom. The molecule has 0 unspecified atom stereocenters. The maximum absolute atomic E-state index is 9.73. The van der Waals surface area contributed by atoms with Crippen molar-refractivity contribution < 1.29 is 0 Å². The van der Waals surface area contributed by atoms with Crippen LogP contribution in [0, 0.1) is 22.7 Å². The average Bonchev–Trinajstić information content (AvgIpc) is 3.26. The van der Waals surface area contributed by atoms with Gasteiger partial charge in [-0.15, -0.1) is 0 Å². The van der Waals surface area contributed by atoms with Gasteiger partial charge in [0.1, 0.15) is 0 Å². The van der Waals surface area contributed by atoms with Crippen molar-refractivity contribution in [3.05, 3.63) is 126 Å². The molecule has 1 heterocycles. The number of para-hydroxylation sites is 1. The van der Waals surface area contributed by atoms with E-state index in [1.165, 1.54) is 5.56 Å². The predicted octanol–water partition coefficient (Wildman–Crippen LogP) is 7.86. The van der Waals surface area contributed by atoms with Crippen molar-refractivity contribution in [2.45, 2.75) is 0 Å². The van der Waals surface area contributed by atoms with E-state index >= 15 is 0 Å². The molecular weight excluding hydrogens is 426 g/mol. The van der Waals surface area contributed by atoms with Crippen LogP contribution >= 0.6 is 0 Å². The smallest absolute Gasteiger partial charge is 0.0998 e. The summed E-state index contributed by atoms with van der Waals surface area (Å²) in [6.45, 7) is 0. The minimum absolute atomic E-state index is 0.497. The normalized spacial score (nSPS) is 10.8. The van der Waals surface area contributed by atoms with Crippen molar-refractivity contribution in [3.8, 4) is 40.1 Å². The van der Waals surface area contributed by atoms with E-state index in [-0.39, 0.29) is 0 Å². The first kappa shape index (κ1) is 20.5. The molecule has 0 spiro atoms. The Morgan fingerprint density at radius 1 is 0.486 bits per heavy atom. The van der Waals surface area contributed by atoms with Crippen LogP contribution in [0.1, 0.15) is 11.1 Å². The minimum atomic E-state index is 0.497. The molecule has 0 amide bonds. The van der Waals surface area contributed by atoms with Gasteiger partial charge in [-0.05, 0) is 53.1 Å². The van der Waals surface area contributed by atoms with E-state index in [1.807, 2.05) is 30.3 Å². The summed E-state index contributed by atoms with van der Waals surface area (Å²) in [5.41, 5.74) is 8.05. The molecule has 6 aromatic rings. The van der Waals surface area contributed by atoms with Crippen LogP contribution < -0.4 is 0 Å². The number of nitrogens with zero attached hydrogens (tertiary/aromatic N) is 3. The summed E-state index contributed by atoms with van der Waals surface area (Å²) in [7, 11) is 0. The van der Waals surface area contributed by atoms with Gasteiger partial charge in [-0.1, -0.05) is 78.9 Å². The van der Waals surface area contributed by atoms with Crippen LogP contribution in [0.2, 0.25) is 0 Å². The summed E-state index contributed by atoms with van der Waals surface area (Å²) in [4.78, 5) is 0. The van der Waals surface area contributed by atoms with Crippen LogP contribution in [0.15, 0.2) is 115 Å². The van der Waals surface area contributed by atoms with Gasteiger partial charge in [-0.25, -0.2) is 0 Å². The number of benzene rings is 5. The Labute approximate surface area is 203 Å². The maximum atomic E-state index is 9.73. The Balaban J connectivity index is 1.69. The van der Waals surface area contributed by atoms with Crippen LogP contribution in [0.3, 0.4) is 0 Å². The lowest BCUT2D eigenvalue weighted by Crippen LogP contribution is -1.95. The fourth-order valence-electron chi connectivity index (χ4n) is 4.89. The van der Waals surface area contributed by atoms with Crippen LogP contribution in [0.25, 0.3) is 49.7 Å². The largest absolute Gasteiger partial charge is 0.309 e. The van der Waals surface area contributed by atoms with Crippen LogP contribution in [-0.2, 0) is 0 Å². The molecule has 6 rings (SSSR count). The molecule has 0 radical (unpaired) electrons. The third-order valence-corrected chi connectivity index (χ3v) is 6.48. The van der Waals surface area contributed by atoms with Crippen molar-refractivity contribution in [1.29, 1.82) is 10.5 Å². The highest BCUT2D eigenvalue weighted by molar-refractivity contribution is 6.11. The van der Waals surface area contributed by atoms with Crippen molar-refractivity contribution in [2.75, 3.05) is 0 Å². The third-order valence-electron chi connectivity index (χ3n) is 6.48. The lowest BCUT2D eigenvalue weighted by molar-refractivity contribution is 1.18. The van der Waals surface area contributed by atoms with Crippen molar-refractivity contribution in [3.63, 3.8) is 0 Å². The Bertz CT molecular complexity index is 1770. The summed E-state index contributed by atoms with van der Waals surface area (Å²) in [5.74, 6) is 0. The molecule has 3 heteroatoms. The van der Waals surface area contributed by atoms with Gasteiger partial charge in [0.25, 0.3) is 0 Å². The second kappa shape index (κ2) is 8.34. The van der Waals surface area contributed by atoms with E-state index in [9.17, 15) is 10.5 Å². The highest BCUT2D eigenvalue weighted by Crippen LogP contribution is 2.38. The summed E-state index contributed by atoms with van der Waals surface area (Å²) < 4.78 is 2.27. The molecule has 1 aromatic heterocycles. The summed E-state index contributed by atoms with van der Waals surface area (Å²) in [6.07, 6.45) is 0. The molecule has 0 aliphatic heterocycles. The molecule has 3 nitrogen and oxygen atoms in total. The Kier molecular flexibility index (Phi) is 4.88. The fraction of sp³-hybridized carbons (Fsp3) is 0. The first-order valence-electron chi connectivity index (χ1n) is 11.4. The van der Waals surface area contributed by atoms with Gasteiger partial charge >= 0.3 is 0 Å². The molecule has 0 atom stereocenters. The Morgan fingerprint density at radius 2 is 1.03 bits per heavy atom. The standard InChI is InChI=1S/C32H19N3/c33-20-25-10-7-11-26(21-34)32(25)24-15-17-29-28-16-14-23(22-8-3-1-4-9-22)18-30(28)35(31(29)19-24)27-12-5-2-6-13-27/h1-19H. The molecule has 0 aliphatic carbocycles. The summed E-state index contributed by atoms with van der Waals surface area (Å²) in [6, 6.07) is 43.3. The molecular formula is C32H19N3. The predicted molar refractivity (Wildman–Crippen MR) is 141 cm³/mol. The third kappa shape index (κ3) is 3.35. The van der Waals surface area contributed by atoms with Gasteiger partial charge < -0.3 is 4.57 Å². The summed E-state index contributed by atoms with van der Waals surface area (Å²) in [5, 5.41) is 21.7. The number of aromatic nitrogens is 1. The van der Waals surface area contributed by atoms with Crippen molar-refractivity contribution in [2.24, 2.45) is 0 Å². The van der Waals surface area contributed by atoms with Gasteiger partial charge in [-0.2, -0.15) is 10.5 Å². The number of nitriles is 2. The second-order valence-corrected chi connectivity index (χ2v) is 8.45. The number of hydrogen-bond donors (Lipinski definition) is 0. The van der Waals surface area contributed by atoms with E-state index < -0.39 is 0 Å². The number of fused-ring (bicyclic) bond motifs is 3. The quantitative estimate of drug-likeness (QED) is 0.278. The highest BCUT2D eigenvalue weighted by atomic mass is 15.0. The van der Waals surface area contributed by atoms with Gasteiger partial charge in [0, 0.05) is 22.0 Å². The first-order valence-corrected chi connectivity index (χ1v) is 11.4. The molecule has 0 aliphatic rings. The molecule has 162 valence electrons. The molecule has 5 aromatic carbocycles. The van der Waals surface area contributed by atoms with E-state index in [2.05, 4.69) is 83.4 Å². The zero-order valence-electron chi connectivity index (χ0n) is 18.8. The topological polar surface area (TPSA) is 52.5 Å². The zero-order chi connectivity index (χ0) is 23.8. The van der Waals surface area contributed by atoms with Gasteiger partial charge in [0.15, 0.2) is 0 Å². The highest BCUT2D eigenvalue weighted by Gasteiger charge is 2.17. The van der Waals surface area contributed by atoms with Gasteiger partial charge in [-0.3, -0.25) is 0 Å². The van der Waals surface area contributed by atoms with Crippen LogP contribution in [0.4, 0.5) is 0 Å². The lowest BCUT2D eigenvalue weighted by Gasteiger charge is -2.11. The first-order chi connectivity index (χ1) is 17.3. The molecule has 0 N–H and O–H groups in total. The lowest BCUT2D eigenvalue weighted by atomic mass is 9.94. The average molecular weight is 446 g/mol. The Hall–Kier alpha value is -5.12. The molecule has 0 bridgehead atoms. The monoisotopic (exact) mass is 445 g/mol. The van der Waals surface area contributed by atoms with E-state index in [0.717, 1.165) is 38.6 Å². The van der Waals surface area contributed by atoms with E-state index in [1.54, 1.807) is 18.2 Å². The second-order valence-electron chi connectivity index (χ2n) is 8.45. The molecule has 35 heavy (non-hydrogen) atoms. The van der Waals surface area contributed by atoms with Crippen molar-refractivity contribution in [1.82, 2.24) is 4.57 Å². The molecule has 0 fully saturated rings. The fourth-order valence-corrected chi connectivity index (χ4v) is 4.89. The van der Waals surface area contributed by atoms with Gasteiger partial charge in [0.2, 0.25) is 0 Å².